The molecule has 0 saturated carbocycles. The van der Waals surface area contributed by atoms with E-state index in [1.54, 1.807) is 19.2 Å². The summed E-state index contributed by atoms with van der Waals surface area (Å²) < 4.78 is 5.62. The Morgan fingerprint density at radius 2 is 2.00 bits per heavy atom. The highest BCUT2D eigenvalue weighted by molar-refractivity contribution is 6.35. The van der Waals surface area contributed by atoms with Crippen molar-refractivity contribution in [2.75, 3.05) is 7.11 Å². The first kappa shape index (κ1) is 11.0. The van der Waals surface area contributed by atoms with Crippen molar-refractivity contribution in [3.63, 3.8) is 0 Å². The Kier molecular flexibility index (Phi) is 3.07. The van der Waals surface area contributed by atoms with Gasteiger partial charge in [0.15, 0.2) is 0 Å². The van der Waals surface area contributed by atoms with E-state index in [4.69, 9.17) is 32.8 Å². The van der Waals surface area contributed by atoms with Crippen LogP contribution in [0.2, 0.25) is 10.0 Å². The number of benzene rings is 1. The molecule has 0 aliphatic carbocycles. The van der Waals surface area contributed by atoms with Gasteiger partial charge in [0.25, 0.3) is 0 Å². The van der Waals surface area contributed by atoms with Crippen LogP contribution in [0.1, 0.15) is 18.5 Å². The summed E-state index contributed by atoms with van der Waals surface area (Å²) in [5.41, 5.74) is 3.71. The smallest absolute Gasteiger partial charge is 0.144 e. The van der Waals surface area contributed by atoms with Gasteiger partial charge in [-0.25, -0.2) is 0 Å². The van der Waals surface area contributed by atoms with Crippen molar-refractivity contribution >= 4 is 23.2 Å². The monoisotopic (exact) mass is 247 g/mol. The van der Waals surface area contributed by atoms with Crippen LogP contribution in [0.25, 0.3) is 0 Å². The van der Waals surface area contributed by atoms with Gasteiger partial charge in [0.2, 0.25) is 0 Å². The predicted octanol–water partition coefficient (Wildman–Crippen LogP) is 2.97. The van der Waals surface area contributed by atoms with Gasteiger partial charge in [-0.2, -0.15) is 5.48 Å². The topological polar surface area (TPSA) is 30.5 Å². The third-order valence-corrected chi connectivity index (χ3v) is 3.05. The Morgan fingerprint density at radius 1 is 1.33 bits per heavy atom. The number of rotatable bonds is 2. The van der Waals surface area contributed by atoms with E-state index >= 15 is 0 Å². The van der Waals surface area contributed by atoms with Crippen LogP contribution in [0.3, 0.4) is 0 Å². The second kappa shape index (κ2) is 4.18. The first-order valence-electron chi connectivity index (χ1n) is 4.58. The van der Waals surface area contributed by atoms with E-state index in [1.165, 1.54) is 0 Å². The second-order valence-electron chi connectivity index (χ2n) is 3.39. The Labute approximate surface area is 98.2 Å². The molecule has 82 valence electrons. The van der Waals surface area contributed by atoms with Gasteiger partial charge in [-0.1, -0.05) is 23.2 Å². The van der Waals surface area contributed by atoms with Crippen molar-refractivity contribution in [1.82, 2.24) is 5.48 Å². The summed E-state index contributed by atoms with van der Waals surface area (Å²) in [4.78, 5) is 4.92. The minimum Gasteiger partial charge on any atom is -0.487 e. The molecule has 1 N–H and O–H groups in total. The van der Waals surface area contributed by atoms with Crippen molar-refractivity contribution < 1.29 is 9.57 Å². The summed E-state index contributed by atoms with van der Waals surface area (Å²) in [6.07, 6.45) is -0.0580. The molecule has 2 unspecified atom stereocenters. The fourth-order valence-electron chi connectivity index (χ4n) is 1.73. The highest BCUT2D eigenvalue weighted by atomic mass is 35.5. The Hall–Kier alpha value is -0.480. The van der Waals surface area contributed by atoms with E-state index in [0.29, 0.717) is 15.8 Å². The van der Waals surface area contributed by atoms with Crippen LogP contribution in [0, 0.1) is 0 Å². The van der Waals surface area contributed by atoms with Crippen LogP contribution in [0.4, 0.5) is 0 Å². The van der Waals surface area contributed by atoms with Gasteiger partial charge in [-0.15, -0.1) is 0 Å². The van der Waals surface area contributed by atoms with Gasteiger partial charge in [0, 0.05) is 10.6 Å². The van der Waals surface area contributed by atoms with Gasteiger partial charge in [0.1, 0.15) is 11.9 Å². The molecule has 0 saturated heterocycles. The van der Waals surface area contributed by atoms with Crippen LogP contribution >= 0.6 is 23.2 Å². The lowest BCUT2D eigenvalue weighted by Gasteiger charge is -2.15. The Bertz CT molecular complexity index is 384. The number of fused-ring (bicyclic) bond motifs is 1. The molecule has 0 spiro atoms. The van der Waals surface area contributed by atoms with E-state index < -0.39 is 0 Å². The summed E-state index contributed by atoms with van der Waals surface area (Å²) >= 11 is 12.1. The molecule has 1 aromatic rings. The van der Waals surface area contributed by atoms with E-state index in [1.807, 2.05) is 6.92 Å². The maximum absolute atomic E-state index is 6.10. The van der Waals surface area contributed by atoms with E-state index in [9.17, 15) is 0 Å². The fourth-order valence-corrected chi connectivity index (χ4v) is 2.20. The zero-order valence-corrected chi connectivity index (χ0v) is 9.89. The number of hydroxylamine groups is 1. The van der Waals surface area contributed by atoms with Crippen molar-refractivity contribution in [2.24, 2.45) is 0 Å². The highest BCUT2D eigenvalue weighted by Crippen LogP contribution is 2.45. The van der Waals surface area contributed by atoms with Crippen LogP contribution in [-0.2, 0) is 4.84 Å². The molecular weight excluding hydrogens is 237 g/mol. The number of ether oxygens (including phenoxy) is 1. The lowest BCUT2D eigenvalue weighted by atomic mass is 10.1. The maximum Gasteiger partial charge on any atom is 0.144 e. The Morgan fingerprint density at radius 3 is 2.67 bits per heavy atom. The molecule has 5 heteroatoms. The average Bonchev–Trinajstić information content (AvgIpc) is 2.53. The van der Waals surface area contributed by atoms with Crippen LogP contribution in [-0.4, -0.2) is 13.2 Å². The van der Waals surface area contributed by atoms with E-state index in [2.05, 4.69) is 5.48 Å². The largest absolute Gasteiger partial charge is 0.487 e. The minimum atomic E-state index is -0.0869. The SMILES string of the molecule is CONC1c2c(Cl)ccc(Cl)c2OC1C. The lowest BCUT2D eigenvalue weighted by molar-refractivity contribution is 0.0339. The maximum atomic E-state index is 6.10. The summed E-state index contributed by atoms with van der Waals surface area (Å²) in [7, 11) is 1.56. The van der Waals surface area contributed by atoms with Crippen molar-refractivity contribution in [1.29, 1.82) is 0 Å². The standard InChI is InChI=1S/C10H11Cl2NO2/c1-5-9(13-14-2)8-6(11)3-4-7(12)10(8)15-5/h3-5,9,13H,1-2H3. The normalized spacial score (nSPS) is 23.7. The number of hydrogen-bond donors (Lipinski definition) is 1. The average molecular weight is 248 g/mol. The first-order chi connectivity index (χ1) is 7.15. The molecular formula is C10H11Cl2NO2. The van der Waals surface area contributed by atoms with Gasteiger partial charge >= 0.3 is 0 Å². The first-order valence-corrected chi connectivity index (χ1v) is 5.33. The molecule has 1 aliphatic heterocycles. The zero-order valence-electron chi connectivity index (χ0n) is 8.38. The molecule has 0 bridgehead atoms. The van der Waals surface area contributed by atoms with Crippen LogP contribution in [0.5, 0.6) is 5.75 Å². The summed E-state index contributed by atoms with van der Waals surface area (Å²) in [6.45, 7) is 1.93. The molecule has 1 heterocycles. The van der Waals surface area contributed by atoms with Gasteiger partial charge in [0.05, 0.1) is 18.2 Å². The van der Waals surface area contributed by atoms with Crippen LogP contribution in [0.15, 0.2) is 12.1 Å². The van der Waals surface area contributed by atoms with E-state index in [0.717, 1.165) is 5.56 Å². The molecule has 3 nitrogen and oxygen atoms in total. The summed E-state index contributed by atoms with van der Waals surface area (Å²) in [5.74, 6) is 0.645. The zero-order chi connectivity index (χ0) is 11.0. The molecule has 0 radical (unpaired) electrons. The summed E-state index contributed by atoms with van der Waals surface area (Å²) in [6, 6.07) is 3.40. The minimum absolute atomic E-state index is 0.0580. The van der Waals surface area contributed by atoms with Gasteiger partial charge < -0.3 is 9.57 Å². The third kappa shape index (κ3) is 1.81. The molecule has 2 atom stereocenters. The van der Waals surface area contributed by atoms with Crippen molar-refractivity contribution in [3.8, 4) is 5.75 Å². The second-order valence-corrected chi connectivity index (χ2v) is 4.21. The third-order valence-electron chi connectivity index (χ3n) is 2.42. The summed E-state index contributed by atoms with van der Waals surface area (Å²) in [5, 5.41) is 1.20. The molecule has 2 rings (SSSR count). The quantitative estimate of drug-likeness (QED) is 0.816. The number of hydrogen-bond acceptors (Lipinski definition) is 3. The Balaban J connectivity index is 2.47. The number of halogens is 2. The van der Waals surface area contributed by atoms with Crippen molar-refractivity contribution in [3.05, 3.63) is 27.7 Å². The lowest BCUT2D eigenvalue weighted by Crippen LogP contribution is -2.28. The van der Waals surface area contributed by atoms with Gasteiger partial charge in [-0.3, -0.25) is 0 Å². The van der Waals surface area contributed by atoms with Crippen LogP contribution < -0.4 is 10.2 Å². The fraction of sp³-hybridized carbons (Fsp3) is 0.400. The van der Waals surface area contributed by atoms with Gasteiger partial charge in [-0.05, 0) is 19.1 Å². The van der Waals surface area contributed by atoms with E-state index in [-0.39, 0.29) is 12.1 Å². The van der Waals surface area contributed by atoms with Crippen molar-refractivity contribution in [2.45, 2.75) is 19.1 Å². The molecule has 1 aromatic carbocycles. The molecule has 0 aromatic heterocycles. The predicted molar refractivity (Wildman–Crippen MR) is 59.4 cm³/mol. The molecule has 1 aliphatic rings. The molecule has 0 fully saturated rings. The molecule has 15 heavy (non-hydrogen) atoms. The number of nitrogens with one attached hydrogen (secondary N) is 1. The highest BCUT2D eigenvalue weighted by Gasteiger charge is 2.34. The molecule has 0 amide bonds.